The molecule has 108 valence electrons. The van der Waals surface area contributed by atoms with Crippen LogP contribution in [-0.2, 0) is 6.54 Å². The molecule has 0 spiro atoms. The number of fused-ring (bicyclic) bond motifs is 1. The second-order valence-electron chi connectivity index (χ2n) is 5.57. The number of halogens is 2. The highest BCUT2D eigenvalue weighted by Crippen LogP contribution is 2.24. The quantitative estimate of drug-likeness (QED) is 0.860. The van der Waals surface area contributed by atoms with Gasteiger partial charge in [0, 0.05) is 13.1 Å². The van der Waals surface area contributed by atoms with Crippen molar-refractivity contribution < 1.29 is 8.78 Å². The Morgan fingerprint density at radius 1 is 1.40 bits per heavy atom. The Hall–Kier alpha value is -1.27. The summed E-state index contributed by atoms with van der Waals surface area (Å²) in [5.41, 5.74) is 0.807. The number of hydrogen-bond acceptors (Lipinski definition) is 2. The molecule has 0 bridgehead atoms. The van der Waals surface area contributed by atoms with Gasteiger partial charge >= 0.3 is 0 Å². The van der Waals surface area contributed by atoms with Gasteiger partial charge in [-0.2, -0.15) is 0 Å². The molecule has 1 unspecified atom stereocenters. The zero-order valence-corrected chi connectivity index (χ0v) is 12.1. The van der Waals surface area contributed by atoms with Crippen molar-refractivity contribution in [1.82, 2.24) is 14.5 Å². The molecule has 6 heteroatoms. The highest BCUT2D eigenvalue weighted by atomic mass is 32.1. The van der Waals surface area contributed by atoms with Crippen molar-refractivity contribution in [2.45, 2.75) is 19.4 Å². The molecule has 1 aliphatic heterocycles. The van der Waals surface area contributed by atoms with Gasteiger partial charge in [-0.05, 0) is 56.7 Å². The maximum atomic E-state index is 14.0. The number of nitrogens with zero attached hydrogens (tertiary/aromatic N) is 2. The maximum Gasteiger partial charge on any atom is 0.184 e. The minimum Gasteiger partial charge on any atom is -0.330 e. The lowest BCUT2D eigenvalue weighted by atomic mass is 9.98. The predicted octanol–water partition coefficient (Wildman–Crippen LogP) is 3.32. The Balaban J connectivity index is 2.00. The molecular formula is C14H17F2N3S. The average molecular weight is 297 g/mol. The highest BCUT2D eigenvalue weighted by molar-refractivity contribution is 7.71. The molecule has 1 saturated heterocycles. The van der Waals surface area contributed by atoms with Crippen molar-refractivity contribution in [3.05, 3.63) is 28.5 Å². The topological polar surface area (TPSA) is 24.0 Å². The number of aromatic amines is 1. The van der Waals surface area contributed by atoms with E-state index in [0.29, 0.717) is 22.8 Å². The molecule has 3 nitrogen and oxygen atoms in total. The molecule has 0 saturated carbocycles. The maximum absolute atomic E-state index is 14.0. The number of benzene rings is 1. The van der Waals surface area contributed by atoms with E-state index in [-0.39, 0.29) is 5.52 Å². The van der Waals surface area contributed by atoms with Crippen LogP contribution in [0.4, 0.5) is 8.78 Å². The summed E-state index contributed by atoms with van der Waals surface area (Å²) >= 11 is 5.26. The molecule has 20 heavy (non-hydrogen) atoms. The van der Waals surface area contributed by atoms with Crippen LogP contribution >= 0.6 is 12.2 Å². The monoisotopic (exact) mass is 297 g/mol. The number of rotatable bonds is 2. The molecule has 1 aromatic heterocycles. The summed E-state index contributed by atoms with van der Waals surface area (Å²) in [6.07, 6.45) is 2.23. The number of likely N-dealkylation sites (tertiary alicyclic amines) is 1. The summed E-state index contributed by atoms with van der Waals surface area (Å²) in [7, 11) is 2.08. The van der Waals surface area contributed by atoms with E-state index in [2.05, 4.69) is 16.9 Å². The van der Waals surface area contributed by atoms with Crippen molar-refractivity contribution in [2.24, 2.45) is 5.92 Å². The molecule has 2 aromatic rings. The molecule has 1 fully saturated rings. The van der Waals surface area contributed by atoms with E-state index in [1.807, 2.05) is 0 Å². The second kappa shape index (κ2) is 5.26. The van der Waals surface area contributed by atoms with Crippen molar-refractivity contribution in [3.8, 4) is 0 Å². The summed E-state index contributed by atoms with van der Waals surface area (Å²) < 4.78 is 29.6. The van der Waals surface area contributed by atoms with Crippen LogP contribution in [0.3, 0.4) is 0 Å². The number of hydrogen-bond donors (Lipinski definition) is 1. The number of piperidine rings is 1. The van der Waals surface area contributed by atoms with Crippen molar-refractivity contribution >= 4 is 23.3 Å². The molecular weight excluding hydrogens is 280 g/mol. The minimum absolute atomic E-state index is 0.253. The highest BCUT2D eigenvalue weighted by Gasteiger charge is 2.20. The number of aromatic nitrogens is 2. The summed E-state index contributed by atoms with van der Waals surface area (Å²) in [6.45, 7) is 2.69. The first-order chi connectivity index (χ1) is 9.56. The van der Waals surface area contributed by atoms with Gasteiger partial charge in [0.15, 0.2) is 16.4 Å². The van der Waals surface area contributed by atoms with Crippen LogP contribution in [0.15, 0.2) is 12.1 Å². The van der Waals surface area contributed by atoms with Gasteiger partial charge in [-0.15, -0.1) is 0 Å². The zero-order chi connectivity index (χ0) is 14.3. The SMILES string of the molecule is CN1CCCC(Cn2c(=S)[nH]c3ccc(F)c(F)c32)C1. The van der Waals surface area contributed by atoms with E-state index in [1.54, 1.807) is 4.57 Å². The fourth-order valence-electron chi connectivity index (χ4n) is 3.04. The van der Waals surface area contributed by atoms with E-state index < -0.39 is 11.6 Å². The van der Waals surface area contributed by atoms with Crippen LogP contribution in [-0.4, -0.2) is 34.6 Å². The Morgan fingerprint density at radius 3 is 2.95 bits per heavy atom. The third-order valence-corrected chi connectivity index (χ3v) is 4.31. The molecule has 0 amide bonds. The van der Waals surface area contributed by atoms with Crippen LogP contribution in [0.25, 0.3) is 11.0 Å². The van der Waals surface area contributed by atoms with Gasteiger partial charge in [-0.1, -0.05) is 0 Å². The summed E-state index contributed by atoms with van der Waals surface area (Å²) in [6, 6.07) is 2.66. The smallest absolute Gasteiger partial charge is 0.184 e. The average Bonchev–Trinajstić information content (AvgIpc) is 2.72. The Morgan fingerprint density at radius 2 is 2.20 bits per heavy atom. The van der Waals surface area contributed by atoms with Gasteiger partial charge < -0.3 is 14.5 Å². The van der Waals surface area contributed by atoms with Crippen LogP contribution in [0.2, 0.25) is 0 Å². The van der Waals surface area contributed by atoms with E-state index in [4.69, 9.17) is 12.2 Å². The van der Waals surface area contributed by atoms with Crippen LogP contribution in [0, 0.1) is 22.3 Å². The number of nitrogens with one attached hydrogen (secondary N) is 1. The van der Waals surface area contributed by atoms with Gasteiger partial charge in [0.05, 0.1) is 5.52 Å². The summed E-state index contributed by atoms with van der Waals surface area (Å²) in [4.78, 5) is 5.22. The van der Waals surface area contributed by atoms with Crippen molar-refractivity contribution in [3.63, 3.8) is 0 Å². The van der Waals surface area contributed by atoms with Gasteiger partial charge in [-0.25, -0.2) is 8.78 Å². The minimum atomic E-state index is -0.832. The van der Waals surface area contributed by atoms with Crippen molar-refractivity contribution in [1.29, 1.82) is 0 Å². The Labute approximate surface area is 121 Å². The molecule has 2 heterocycles. The summed E-state index contributed by atoms with van der Waals surface area (Å²) in [5.74, 6) is -1.23. The fraction of sp³-hybridized carbons (Fsp3) is 0.500. The second-order valence-corrected chi connectivity index (χ2v) is 5.96. The Bertz CT molecular complexity index is 692. The lowest BCUT2D eigenvalue weighted by Gasteiger charge is -2.29. The predicted molar refractivity (Wildman–Crippen MR) is 77.3 cm³/mol. The third-order valence-electron chi connectivity index (χ3n) is 3.99. The number of imidazole rings is 1. The molecule has 0 aliphatic carbocycles. The molecule has 3 rings (SSSR count). The van der Waals surface area contributed by atoms with Gasteiger partial charge in [0.25, 0.3) is 0 Å². The normalized spacial score (nSPS) is 20.6. The largest absolute Gasteiger partial charge is 0.330 e. The standard InChI is InChI=1S/C14H17F2N3S/c1-18-6-2-3-9(7-18)8-19-13-11(17-14(19)20)5-4-10(15)12(13)16/h4-5,9H,2-3,6-8H2,1H3,(H,17,20). The molecule has 1 aliphatic rings. The first-order valence-corrected chi connectivity index (χ1v) is 7.22. The van der Waals surface area contributed by atoms with E-state index in [0.717, 1.165) is 32.0 Å². The van der Waals surface area contributed by atoms with Crippen LogP contribution in [0.5, 0.6) is 0 Å². The third kappa shape index (κ3) is 2.38. The van der Waals surface area contributed by atoms with Gasteiger partial charge in [0.2, 0.25) is 0 Å². The van der Waals surface area contributed by atoms with Crippen molar-refractivity contribution in [2.75, 3.05) is 20.1 Å². The number of H-pyrrole nitrogens is 1. The first kappa shape index (κ1) is 13.7. The molecule has 1 N–H and O–H groups in total. The van der Waals surface area contributed by atoms with Crippen LogP contribution in [0.1, 0.15) is 12.8 Å². The van der Waals surface area contributed by atoms with E-state index in [9.17, 15) is 8.78 Å². The molecule has 0 radical (unpaired) electrons. The first-order valence-electron chi connectivity index (χ1n) is 6.81. The molecule has 1 aromatic carbocycles. The van der Waals surface area contributed by atoms with Crippen LogP contribution < -0.4 is 0 Å². The van der Waals surface area contributed by atoms with E-state index in [1.165, 1.54) is 6.07 Å². The van der Waals surface area contributed by atoms with E-state index >= 15 is 0 Å². The Kier molecular flexibility index (Phi) is 3.60. The summed E-state index contributed by atoms with van der Waals surface area (Å²) in [5, 5.41) is 0. The van der Waals surface area contributed by atoms with Gasteiger partial charge in [0.1, 0.15) is 5.52 Å². The fourth-order valence-corrected chi connectivity index (χ4v) is 3.32. The zero-order valence-electron chi connectivity index (χ0n) is 11.3. The molecule has 1 atom stereocenters. The lowest BCUT2D eigenvalue weighted by molar-refractivity contribution is 0.195. The van der Waals surface area contributed by atoms with Gasteiger partial charge in [-0.3, -0.25) is 0 Å². The lowest BCUT2D eigenvalue weighted by Crippen LogP contribution is -2.34.